The largest absolute Gasteiger partial charge is 0.369 e. The molecule has 2 aromatic heterocycles. The molecule has 2 rings (SSSR count). The van der Waals surface area contributed by atoms with Crippen LogP contribution in [0.4, 0.5) is 5.95 Å². The third-order valence-corrected chi connectivity index (χ3v) is 2.97. The fourth-order valence-corrected chi connectivity index (χ4v) is 1.74. The minimum absolute atomic E-state index is 0.450. The summed E-state index contributed by atoms with van der Waals surface area (Å²) in [6, 6.07) is 3.96. The van der Waals surface area contributed by atoms with E-state index in [4.69, 9.17) is 17.3 Å². The summed E-state index contributed by atoms with van der Waals surface area (Å²) in [4.78, 5) is 8.27. The predicted molar refractivity (Wildman–Crippen MR) is 64.3 cm³/mol. The minimum Gasteiger partial charge on any atom is -0.369 e. The molecular formula is C11H13ClN4. The van der Waals surface area contributed by atoms with Gasteiger partial charge >= 0.3 is 0 Å². The highest BCUT2D eigenvalue weighted by molar-refractivity contribution is 6.30. The van der Waals surface area contributed by atoms with Crippen molar-refractivity contribution in [3.8, 4) is 0 Å². The smallest absolute Gasteiger partial charge is 0.201 e. The van der Waals surface area contributed by atoms with Gasteiger partial charge in [-0.3, -0.25) is 4.98 Å². The van der Waals surface area contributed by atoms with E-state index in [-0.39, 0.29) is 0 Å². The van der Waals surface area contributed by atoms with Crippen molar-refractivity contribution in [2.45, 2.75) is 12.8 Å². The average molecular weight is 237 g/mol. The van der Waals surface area contributed by atoms with Crippen LogP contribution in [-0.2, 0) is 19.9 Å². The molecule has 2 heterocycles. The van der Waals surface area contributed by atoms with Crippen molar-refractivity contribution in [2.75, 3.05) is 5.73 Å². The monoisotopic (exact) mass is 236 g/mol. The molecule has 0 saturated heterocycles. The van der Waals surface area contributed by atoms with Crippen LogP contribution in [-0.4, -0.2) is 14.5 Å². The number of hydrogen-bond donors (Lipinski definition) is 1. The van der Waals surface area contributed by atoms with Crippen LogP contribution in [0.2, 0.25) is 5.15 Å². The first-order chi connectivity index (χ1) is 7.68. The van der Waals surface area contributed by atoms with Gasteiger partial charge in [-0.25, -0.2) is 4.98 Å². The molecule has 0 bridgehead atoms. The molecule has 84 valence electrons. The zero-order chi connectivity index (χ0) is 11.5. The van der Waals surface area contributed by atoms with E-state index in [1.165, 1.54) is 5.56 Å². The normalized spacial score (nSPS) is 10.6. The van der Waals surface area contributed by atoms with E-state index in [0.29, 0.717) is 11.1 Å². The summed E-state index contributed by atoms with van der Waals surface area (Å²) >= 11 is 6.09. The van der Waals surface area contributed by atoms with Crippen LogP contribution in [0.1, 0.15) is 11.3 Å². The minimum atomic E-state index is 0.450. The van der Waals surface area contributed by atoms with E-state index in [0.717, 1.165) is 18.5 Å². The van der Waals surface area contributed by atoms with E-state index in [1.807, 2.05) is 18.3 Å². The standard InChI is InChI=1S/C11H13ClN4/c1-16-10(12)9(15-11(16)13)5-4-8-3-2-6-14-7-8/h2-3,6-7H,4-5H2,1H3,(H2,13,15). The number of aromatic nitrogens is 3. The number of halogens is 1. The lowest BCUT2D eigenvalue weighted by molar-refractivity contribution is 0.906. The van der Waals surface area contributed by atoms with Crippen molar-refractivity contribution in [3.63, 3.8) is 0 Å². The predicted octanol–water partition coefficient (Wildman–Crippen LogP) is 1.84. The molecule has 0 radical (unpaired) electrons. The average Bonchev–Trinajstić information content (AvgIpc) is 2.56. The molecule has 0 fully saturated rings. The Morgan fingerprint density at radius 3 is 2.81 bits per heavy atom. The lowest BCUT2D eigenvalue weighted by Gasteiger charge is -1.99. The molecule has 0 atom stereocenters. The molecule has 0 amide bonds. The number of anilines is 1. The number of hydrogen-bond acceptors (Lipinski definition) is 3. The molecule has 0 aliphatic heterocycles. The van der Waals surface area contributed by atoms with Crippen molar-refractivity contribution >= 4 is 17.5 Å². The summed E-state index contributed by atoms with van der Waals surface area (Å²) < 4.78 is 1.68. The Bertz CT molecular complexity index is 478. The molecule has 0 aliphatic carbocycles. The van der Waals surface area contributed by atoms with Gasteiger partial charge in [0, 0.05) is 19.4 Å². The Labute approximate surface area is 99.1 Å². The molecule has 0 spiro atoms. The third kappa shape index (κ3) is 2.17. The van der Waals surface area contributed by atoms with Crippen molar-refractivity contribution in [1.29, 1.82) is 0 Å². The first kappa shape index (κ1) is 11.0. The molecular weight excluding hydrogens is 224 g/mol. The van der Waals surface area contributed by atoms with Crippen LogP contribution < -0.4 is 5.73 Å². The molecule has 0 aliphatic rings. The summed E-state index contributed by atoms with van der Waals surface area (Å²) in [6.07, 6.45) is 5.25. The highest BCUT2D eigenvalue weighted by Crippen LogP contribution is 2.19. The Morgan fingerprint density at radius 1 is 1.44 bits per heavy atom. The molecule has 2 aromatic rings. The quantitative estimate of drug-likeness (QED) is 0.885. The molecule has 16 heavy (non-hydrogen) atoms. The Hall–Kier alpha value is -1.55. The van der Waals surface area contributed by atoms with Gasteiger partial charge in [0.1, 0.15) is 5.15 Å². The number of aryl methyl sites for hydroxylation is 2. The van der Waals surface area contributed by atoms with E-state index >= 15 is 0 Å². The van der Waals surface area contributed by atoms with Crippen LogP contribution in [0.15, 0.2) is 24.5 Å². The lowest BCUT2D eigenvalue weighted by Crippen LogP contribution is -1.96. The van der Waals surface area contributed by atoms with Gasteiger partial charge in [0.2, 0.25) is 5.95 Å². The molecule has 0 aromatic carbocycles. The number of pyridine rings is 1. The second-order valence-corrected chi connectivity index (χ2v) is 3.99. The van der Waals surface area contributed by atoms with Gasteiger partial charge in [0.15, 0.2) is 0 Å². The maximum Gasteiger partial charge on any atom is 0.201 e. The number of nitrogens with zero attached hydrogens (tertiary/aromatic N) is 3. The fraction of sp³-hybridized carbons (Fsp3) is 0.273. The van der Waals surface area contributed by atoms with E-state index in [9.17, 15) is 0 Å². The first-order valence-corrected chi connectivity index (χ1v) is 5.41. The number of imidazole rings is 1. The Kier molecular flexibility index (Phi) is 3.10. The van der Waals surface area contributed by atoms with E-state index < -0.39 is 0 Å². The molecule has 0 saturated carbocycles. The van der Waals surface area contributed by atoms with Gasteiger partial charge in [0.25, 0.3) is 0 Å². The van der Waals surface area contributed by atoms with Crippen molar-refractivity contribution < 1.29 is 0 Å². The number of nitrogen functional groups attached to an aromatic ring is 1. The third-order valence-electron chi connectivity index (χ3n) is 2.50. The molecule has 0 unspecified atom stereocenters. The second-order valence-electron chi connectivity index (χ2n) is 3.63. The summed E-state index contributed by atoms with van der Waals surface area (Å²) in [6.45, 7) is 0. The van der Waals surface area contributed by atoms with Crippen LogP contribution >= 0.6 is 11.6 Å². The fourth-order valence-electron chi connectivity index (χ4n) is 1.52. The van der Waals surface area contributed by atoms with Gasteiger partial charge in [-0.1, -0.05) is 17.7 Å². The van der Waals surface area contributed by atoms with Crippen LogP contribution in [0.3, 0.4) is 0 Å². The zero-order valence-corrected chi connectivity index (χ0v) is 9.78. The highest BCUT2D eigenvalue weighted by Gasteiger charge is 2.10. The van der Waals surface area contributed by atoms with Crippen molar-refractivity contribution in [2.24, 2.45) is 7.05 Å². The Morgan fingerprint density at radius 2 is 2.25 bits per heavy atom. The summed E-state index contributed by atoms with van der Waals surface area (Å²) in [5.74, 6) is 0.450. The van der Waals surface area contributed by atoms with Crippen LogP contribution in [0, 0.1) is 0 Å². The molecule has 2 N–H and O–H groups in total. The van der Waals surface area contributed by atoms with Crippen molar-refractivity contribution in [3.05, 3.63) is 40.9 Å². The molecule has 4 nitrogen and oxygen atoms in total. The maximum absolute atomic E-state index is 6.09. The van der Waals surface area contributed by atoms with E-state index in [2.05, 4.69) is 9.97 Å². The lowest BCUT2D eigenvalue weighted by atomic mass is 10.1. The van der Waals surface area contributed by atoms with Crippen LogP contribution in [0.5, 0.6) is 0 Å². The summed E-state index contributed by atoms with van der Waals surface area (Å²) in [5, 5.41) is 0.612. The van der Waals surface area contributed by atoms with Crippen LogP contribution in [0.25, 0.3) is 0 Å². The SMILES string of the molecule is Cn1c(N)nc(CCc2cccnc2)c1Cl. The summed E-state index contributed by atoms with van der Waals surface area (Å²) in [5.41, 5.74) is 7.67. The number of nitrogens with two attached hydrogens (primary N) is 1. The van der Waals surface area contributed by atoms with Gasteiger partial charge in [0.05, 0.1) is 5.69 Å². The van der Waals surface area contributed by atoms with E-state index in [1.54, 1.807) is 17.8 Å². The van der Waals surface area contributed by atoms with Gasteiger partial charge in [-0.2, -0.15) is 0 Å². The highest BCUT2D eigenvalue weighted by atomic mass is 35.5. The molecule has 5 heteroatoms. The second kappa shape index (κ2) is 4.53. The maximum atomic E-state index is 6.09. The van der Waals surface area contributed by atoms with Gasteiger partial charge in [-0.05, 0) is 24.5 Å². The van der Waals surface area contributed by atoms with Gasteiger partial charge < -0.3 is 10.3 Å². The topological polar surface area (TPSA) is 56.7 Å². The summed E-state index contributed by atoms with van der Waals surface area (Å²) in [7, 11) is 1.80. The first-order valence-electron chi connectivity index (χ1n) is 5.04. The number of rotatable bonds is 3. The van der Waals surface area contributed by atoms with Gasteiger partial charge in [-0.15, -0.1) is 0 Å². The zero-order valence-electron chi connectivity index (χ0n) is 9.02. The Balaban J connectivity index is 2.08. The van der Waals surface area contributed by atoms with Crippen molar-refractivity contribution in [1.82, 2.24) is 14.5 Å².